The standard InChI is InChI=1S/C11H13N3S/c1-3-8-4-6-9(7-5-8)10-12-13-11(15)14(10)2/h4-7H,3H2,1-2H3,(H,13,15). The summed E-state index contributed by atoms with van der Waals surface area (Å²) in [6.45, 7) is 2.14. The van der Waals surface area contributed by atoms with Crippen molar-refractivity contribution in [2.24, 2.45) is 7.05 Å². The highest BCUT2D eigenvalue weighted by atomic mass is 32.1. The maximum Gasteiger partial charge on any atom is 0.195 e. The fourth-order valence-electron chi connectivity index (χ4n) is 1.49. The SMILES string of the molecule is CCc1ccc(-c2n[nH]c(=S)n2C)cc1. The third-order valence-corrected chi connectivity index (χ3v) is 2.87. The van der Waals surface area contributed by atoms with Gasteiger partial charge in [0, 0.05) is 12.6 Å². The number of hydrogen-bond acceptors (Lipinski definition) is 2. The van der Waals surface area contributed by atoms with Gasteiger partial charge in [-0.05, 0) is 24.2 Å². The van der Waals surface area contributed by atoms with Gasteiger partial charge in [-0.1, -0.05) is 31.2 Å². The Balaban J connectivity index is 2.46. The zero-order chi connectivity index (χ0) is 10.8. The highest BCUT2D eigenvalue weighted by Gasteiger charge is 2.04. The molecule has 2 rings (SSSR count). The largest absolute Gasteiger partial charge is 0.303 e. The Bertz CT molecular complexity index is 507. The Hall–Kier alpha value is -1.42. The summed E-state index contributed by atoms with van der Waals surface area (Å²) >= 11 is 5.07. The number of aromatic amines is 1. The lowest BCUT2D eigenvalue weighted by Crippen LogP contribution is -1.92. The predicted molar refractivity (Wildman–Crippen MR) is 63.2 cm³/mol. The number of hydrogen-bond donors (Lipinski definition) is 1. The smallest absolute Gasteiger partial charge is 0.195 e. The molecular formula is C11H13N3S. The number of H-pyrrole nitrogens is 1. The minimum atomic E-state index is 0.643. The summed E-state index contributed by atoms with van der Waals surface area (Å²) in [4.78, 5) is 0. The van der Waals surface area contributed by atoms with Crippen molar-refractivity contribution < 1.29 is 0 Å². The molecule has 1 aromatic heterocycles. The monoisotopic (exact) mass is 219 g/mol. The van der Waals surface area contributed by atoms with E-state index in [1.807, 2.05) is 11.6 Å². The lowest BCUT2D eigenvalue weighted by atomic mass is 10.1. The first-order chi connectivity index (χ1) is 7.22. The summed E-state index contributed by atoms with van der Waals surface area (Å²) in [7, 11) is 1.91. The molecule has 4 heteroatoms. The van der Waals surface area contributed by atoms with Gasteiger partial charge in [-0.25, -0.2) is 0 Å². The minimum absolute atomic E-state index is 0.643. The molecule has 0 aliphatic heterocycles. The molecule has 0 saturated heterocycles. The van der Waals surface area contributed by atoms with Crippen LogP contribution in [0.1, 0.15) is 12.5 Å². The van der Waals surface area contributed by atoms with Crippen molar-refractivity contribution in [3.05, 3.63) is 34.6 Å². The van der Waals surface area contributed by atoms with E-state index in [4.69, 9.17) is 12.2 Å². The Morgan fingerprint density at radius 3 is 2.47 bits per heavy atom. The summed E-state index contributed by atoms with van der Waals surface area (Å²) in [5.74, 6) is 0.877. The second kappa shape index (κ2) is 3.98. The fourth-order valence-corrected chi connectivity index (χ4v) is 1.63. The van der Waals surface area contributed by atoms with Gasteiger partial charge in [0.05, 0.1) is 0 Å². The molecule has 2 aromatic rings. The summed E-state index contributed by atoms with van der Waals surface area (Å²) in [5, 5.41) is 6.97. The van der Waals surface area contributed by atoms with Crippen LogP contribution in [0, 0.1) is 4.77 Å². The van der Waals surface area contributed by atoms with Crippen LogP contribution in [0.4, 0.5) is 0 Å². The van der Waals surface area contributed by atoms with E-state index in [0.717, 1.165) is 17.8 Å². The molecule has 0 fully saturated rings. The van der Waals surface area contributed by atoms with Gasteiger partial charge in [-0.15, -0.1) is 0 Å². The first kappa shape index (κ1) is 10.1. The number of aryl methyl sites for hydroxylation is 1. The van der Waals surface area contributed by atoms with Crippen molar-refractivity contribution in [2.75, 3.05) is 0 Å². The average molecular weight is 219 g/mol. The fraction of sp³-hybridized carbons (Fsp3) is 0.273. The lowest BCUT2D eigenvalue weighted by molar-refractivity contribution is 0.902. The zero-order valence-corrected chi connectivity index (χ0v) is 9.64. The first-order valence-corrected chi connectivity index (χ1v) is 5.34. The van der Waals surface area contributed by atoms with Crippen LogP contribution in [-0.2, 0) is 13.5 Å². The lowest BCUT2D eigenvalue weighted by Gasteiger charge is -2.01. The Morgan fingerprint density at radius 2 is 2.00 bits per heavy atom. The first-order valence-electron chi connectivity index (χ1n) is 4.93. The van der Waals surface area contributed by atoms with Crippen LogP contribution >= 0.6 is 12.2 Å². The molecule has 0 radical (unpaired) electrons. The van der Waals surface area contributed by atoms with Crippen LogP contribution in [0.15, 0.2) is 24.3 Å². The second-order valence-corrected chi connectivity index (χ2v) is 3.85. The van der Waals surface area contributed by atoms with Crippen LogP contribution in [0.5, 0.6) is 0 Å². The molecule has 1 heterocycles. The molecule has 0 saturated carbocycles. The number of aromatic nitrogens is 3. The molecule has 0 spiro atoms. The summed E-state index contributed by atoms with van der Waals surface area (Å²) in [6.07, 6.45) is 1.05. The number of rotatable bonds is 2. The predicted octanol–water partition coefficient (Wildman–Crippen LogP) is 2.71. The molecule has 1 aromatic carbocycles. The van der Waals surface area contributed by atoms with Gasteiger partial charge in [0.2, 0.25) is 0 Å². The van der Waals surface area contributed by atoms with E-state index in [1.54, 1.807) is 0 Å². The van der Waals surface area contributed by atoms with Gasteiger partial charge >= 0.3 is 0 Å². The maximum absolute atomic E-state index is 5.07. The molecule has 1 N–H and O–H groups in total. The van der Waals surface area contributed by atoms with Crippen LogP contribution in [-0.4, -0.2) is 14.8 Å². The maximum atomic E-state index is 5.07. The molecule has 0 bridgehead atoms. The van der Waals surface area contributed by atoms with Crippen LogP contribution in [0.3, 0.4) is 0 Å². The highest BCUT2D eigenvalue weighted by molar-refractivity contribution is 7.71. The van der Waals surface area contributed by atoms with Gasteiger partial charge in [0.15, 0.2) is 10.6 Å². The Labute approximate surface area is 93.8 Å². The van der Waals surface area contributed by atoms with Crippen molar-refractivity contribution in [3.63, 3.8) is 0 Å². The number of nitrogens with zero attached hydrogens (tertiary/aromatic N) is 2. The molecule has 3 nitrogen and oxygen atoms in total. The van der Waals surface area contributed by atoms with Crippen molar-refractivity contribution >= 4 is 12.2 Å². The molecule has 0 aliphatic rings. The summed E-state index contributed by atoms with van der Waals surface area (Å²) in [6, 6.07) is 8.38. The van der Waals surface area contributed by atoms with E-state index in [9.17, 15) is 0 Å². The van der Waals surface area contributed by atoms with Gasteiger partial charge in [0.1, 0.15) is 0 Å². The van der Waals surface area contributed by atoms with Crippen molar-refractivity contribution in [2.45, 2.75) is 13.3 Å². The third kappa shape index (κ3) is 1.85. The summed E-state index contributed by atoms with van der Waals surface area (Å²) < 4.78 is 2.51. The number of nitrogens with one attached hydrogen (secondary N) is 1. The van der Waals surface area contributed by atoms with Crippen LogP contribution in [0.25, 0.3) is 11.4 Å². The molecule has 78 valence electrons. The van der Waals surface area contributed by atoms with Gasteiger partial charge in [0.25, 0.3) is 0 Å². The molecule has 15 heavy (non-hydrogen) atoms. The highest BCUT2D eigenvalue weighted by Crippen LogP contribution is 2.16. The zero-order valence-electron chi connectivity index (χ0n) is 8.82. The summed E-state index contributed by atoms with van der Waals surface area (Å²) in [5.41, 5.74) is 2.41. The Morgan fingerprint density at radius 1 is 1.33 bits per heavy atom. The van der Waals surface area contributed by atoms with Gasteiger partial charge in [-0.3, -0.25) is 5.10 Å². The molecule has 0 unspecified atom stereocenters. The average Bonchev–Trinajstić information content (AvgIpc) is 2.60. The van der Waals surface area contributed by atoms with E-state index in [1.165, 1.54) is 5.56 Å². The van der Waals surface area contributed by atoms with E-state index in [-0.39, 0.29) is 0 Å². The van der Waals surface area contributed by atoms with Gasteiger partial charge < -0.3 is 4.57 Å². The van der Waals surface area contributed by atoms with Crippen molar-refractivity contribution in [3.8, 4) is 11.4 Å². The molecule has 0 aliphatic carbocycles. The van der Waals surface area contributed by atoms with Crippen LogP contribution in [0.2, 0.25) is 0 Å². The van der Waals surface area contributed by atoms with E-state index >= 15 is 0 Å². The van der Waals surface area contributed by atoms with E-state index < -0.39 is 0 Å². The van der Waals surface area contributed by atoms with Crippen LogP contribution < -0.4 is 0 Å². The third-order valence-electron chi connectivity index (χ3n) is 2.50. The molecular weight excluding hydrogens is 206 g/mol. The molecule has 0 amide bonds. The number of benzene rings is 1. The minimum Gasteiger partial charge on any atom is -0.303 e. The normalized spacial score (nSPS) is 10.5. The quantitative estimate of drug-likeness (QED) is 0.788. The van der Waals surface area contributed by atoms with E-state index in [2.05, 4.69) is 41.4 Å². The van der Waals surface area contributed by atoms with Crippen molar-refractivity contribution in [1.29, 1.82) is 0 Å². The van der Waals surface area contributed by atoms with Crippen molar-refractivity contribution in [1.82, 2.24) is 14.8 Å². The Kier molecular flexibility index (Phi) is 2.68. The second-order valence-electron chi connectivity index (χ2n) is 3.46. The van der Waals surface area contributed by atoms with Gasteiger partial charge in [-0.2, -0.15) is 5.10 Å². The molecule has 0 atom stereocenters. The van der Waals surface area contributed by atoms with E-state index in [0.29, 0.717) is 4.77 Å². The topological polar surface area (TPSA) is 33.6 Å².